The fraction of sp³-hybridized carbons (Fsp3) is 0.593. The molecule has 0 radical (unpaired) electrons. The lowest BCUT2D eigenvalue weighted by molar-refractivity contribution is -0.120. The molecule has 0 aliphatic heterocycles. The number of nitrogens with one attached hydrogen (secondary N) is 3. The number of sulfonamides is 1. The van der Waals surface area contributed by atoms with Crippen LogP contribution in [0.4, 0.5) is 5.69 Å². The Balaban J connectivity index is 1.56. The Morgan fingerprint density at radius 3 is 1.79 bits per heavy atom. The second-order valence-corrected chi connectivity index (χ2v) is 21.5. The molecule has 0 spiro atoms. The molecular weight excluding hydrogens is 923 g/mol. The summed E-state index contributed by atoms with van der Waals surface area (Å²) < 4.78 is 44.1. The summed E-state index contributed by atoms with van der Waals surface area (Å²) in [4.78, 5) is 46.2. The lowest BCUT2D eigenvalue weighted by Gasteiger charge is -2.21. The van der Waals surface area contributed by atoms with E-state index in [4.69, 9.17) is 9.47 Å². The van der Waals surface area contributed by atoms with Crippen LogP contribution in [0.5, 0.6) is 11.5 Å². The number of unbranched alkanes of at least 4 members (excludes halogenated alkanes) is 22. The topological polar surface area (TPSA) is 172 Å². The highest BCUT2D eigenvalue weighted by molar-refractivity contribution is 7.89. The summed E-state index contributed by atoms with van der Waals surface area (Å²) >= 11 is 0. The maximum Gasteiger partial charge on any atom is 0.326 e. The number of H-pyrrole nitrogens is 1. The number of aromatic nitrogens is 2. The minimum atomic E-state index is -4.00. The predicted octanol–water partition coefficient (Wildman–Crippen LogP) is 14.4. The van der Waals surface area contributed by atoms with Crippen LogP contribution in [-0.2, 0) is 27.8 Å². The summed E-state index contributed by atoms with van der Waals surface area (Å²) in [6, 6.07) is 20.3. The van der Waals surface area contributed by atoms with Gasteiger partial charge in [-0.2, -0.15) is 5.26 Å². The highest BCUT2D eigenvalue weighted by Gasteiger charge is 2.35. The van der Waals surface area contributed by atoms with Crippen LogP contribution >= 0.6 is 0 Å². The van der Waals surface area contributed by atoms with Crippen molar-refractivity contribution in [2.24, 2.45) is 0 Å². The number of carbonyl (C=O) groups is 2. The van der Waals surface area contributed by atoms with E-state index in [2.05, 4.69) is 34.9 Å². The first kappa shape index (κ1) is 59.4. The van der Waals surface area contributed by atoms with E-state index in [0.29, 0.717) is 30.5 Å². The molecule has 0 aliphatic carbocycles. The number of aryl methyl sites for hydroxylation is 1. The molecule has 72 heavy (non-hydrogen) atoms. The van der Waals surface area contributed by atoms with Gasteiger partial charge in [0, 0.05) is 18.7 Å². The Bertz CT molecular complexity index is 2420. The van der Waals surface area contributed by atoms with Crippen molar-refractivity contribution < 1.29 is 27.5 Å². The van der Waals surface area contributed by atoms with Gasteiger partial charge < -0.3 is 19.8 Å². The lowest BCUT2D eigenvalue weighted by atomic mass is 10.0. The van der Waals surface area contributed by atoms with Gasteiger partial charge in [-0.15, -0.1) is 0 Å². The standard InChI is InChI=1S/C59H87N5O7S/c1-6-9-12-14-16-18-20-21-22-23-25-27-29-32-47-33-31-34-50(43-47)71-57(56(65)54-55(49-37-35-48(45-60)36-38-49)64(42-11-8-3)59(67)63-54)58(66)62-52-44-51(39-40-53(52)70-46(4)5)72(68,69)61-41-30-28-26-24-19-17-15-13-10-7-2/h31,33-40,43-44,46,57,61H,6-30,32,41-42H2,1-5H3,(H,62,66)(H,63,67). The van der Waals surface area contributed by atoms with E-state index in [1.165, 1.54) is 132 Å². The number of Topliss-reactive ketones (excluding diaryl/α,β-unsaturated/α-hetero) is 1. The van der Waals surface area contributed by atoms with Gasteiger partial charge in [-0.05, 0) is 87.6 Å². The van der Waals surface area contributed by atoms with Gasteiger partial charge in [-0.25, -0.2) is 17.9 Å². The monoisotopic (exact) mass is 1010 g/mol. The Hall–Kier alpha value is -5.19. The number of imidazole rings is 1. The molecule has 1 atom stereocenters. The molecule has 12 nitrogen and oxygen atoms in total. The molecule has 3 aromatic carbocycles. The molecule has 0 bridgehead atoms. The summed E-state index contributed by atoms with van der Waals surface area (Å²) in [6.45, 7) is 10.7. The fourth-order valence-electron chi connectivity index (χ4n) is 9.03. The Kier molecular flexibility index (Phi) is 27.6. The Morgan fingerprint density at radius 1 is 0.681 bits per heavy atom. The summed E-state index contributed by atoms with van der Waals surface area (Å²) in [6.07, 6.45) is 27.7. The third kappa shape index (κ3) is 20.7. The van der Waals surface area contributed by atoms with Gasteiger partial charge in [0.25, 0.3) is 5.91 Å². The number of rotatable bonds is 39. The SMILES string of the molecule is CCCCCCCCCCCCCCCc1cccc(OC(C(=O)Nc2cc(S(=O)(=O)NCCCCCCCCCCCC)ccc2OC(C)C)C(=O)c2[nH]c(=O)n(CCCC)c2-c2ccc(C#N)cc2)c1. The number of benzene rings is 3. The molecule has 1 heterocycles. The number of nitrogens with zero attached hydrogens (tertiary/aromatic N) is 2. The van der Waals surface area contributed by atoms with Gasteiger partial charge in [0.05, 0.1) is 34.0 Å². The molecule has 396 valence electrons. The van der Waals surface area contributed by atoms with Gasteiger partial charge in [0.2, 0.25) is 21.9 Å². The van der Waals surface area contributed by atoms with Gasteiger partial charge in [0.15, 0.2) is 0 Å². The van der Waals surface area contributed by atoms with Crippen molar-refractivity contribution in [3.63, 3.8) is 0 Å². The Labute approximate surface area is 432 Å². The van der Waals surface area contributed by atoms with Crippen molar-refractivity contribution in [3.8, 4) is 28.8 Å². The number of hydrogen-bond donors (Lipinski definition) is 3. The molecule has 3 N–H and O–H groups in total. The van der Waals surface area contributed by atoms with Crippen LogP contribution in [0.2, 0.25) is 0 Å². The van der Waals surface area contributed by atoms with Crippen molar-refractivity contribution >= 4 is 27.4 Å². The van der Waals surface area contributed by atoms with Gasteiger partial charge in [0.1, 0.15) is 17.2 Å². The van der Waals surface area contributed by atoms with E-state index in [0.717, 1.165) is 50.5 Å². The van der Waals surface area contributed by atoms with Crippen molar-refractivity contribution in [3.05, 3.63) is 94.0 Å². The minimum absolute atomic E-state index is 0.0365. The third-order valence-electron chi connectivity index (χ3n) is 13.2. The maximum absolute atomic E-state index is 15.0. The second-order valence-electron chi connectivity index (χ2n) is 19.7. The first-order valence-electron chi connectivity index (χ1n) is 27.7. The van der Waals surface area contributed by atoms with Crippen LogP contribution < -0.4 is 25.2 Å². The van der Waals surface area contributed by atoms with Crippen molar-refractivity contribution in [1.29, 1.82) is 5.26 Å². The molecule has 4 aromatic rings. The van der Waals surface area contributed by atoms with Crippen molar-refractivity contribution in [2.75, 3.05) is 11.9 Å². The van der Waals surface area contributed by atoms with E-state index in [1.54, 1.807) is 30.3 Å². The summed E-state index contributed by atoms with van der Waals surface area (Å²) in [5, 5.41) is 12.3. The zero-order chi connectivity index (χ0) is 52.0. The summed E-state index contributed by atoms with van der Waals surface area (Å²) in [5.74, 6) is -1.21. The first-order chi connectivity index (χ1) is 34.9. The molecule has 4 rings (SSSR count). The summed E-state index contributed by atoms with van der Waals surface area (Å²) in [5.41, 5.74) is 1.55. The summed E-state index contributed by atoms with van der Waals surface area (Å²) in [7, 11) is -4.00. The number of ether oxygens (including phenoxy) is 2. The van der Waals surface area contributed by atoms with Crippen LogP contribution in [-0.4, -0.2) is 48.4 Å². The third-order valence-corrected chi connectivity index (χ3v) is 14.6. The van der Waals surface area contributed by atoms with Gasteiger partial charge >= 0.3 is 5.69 Å². The average molecular weight is 1010 g/mol. The van der Waals surface area contributed by atoms with E-state index in [-0.39, 0.29) is 46.1 Å². The smallest absolute Gasteiger partial charge is 0.326 e. The normalized spacial score (nSPS) is 12.0. The molecule has 1 amide bonds. The lowest BCUT2D eigenvalue weighted by Crippen LogP contribution is -2.40. The van der Waals surface area contributed by atoms with Crippen LogP contribution in [0, 0.1) is 11.3 Å². The minimum Gasteiger partial charge on any atom is -0.489 e. The molecular formula is C59H87N5O7S. The molecule has 0 saturated heterocycles. The predicted molar refractivity (Wildman–Crippen MR) is 293 cm³/mol. The zero-order valence-corrected chi connectivity index (χ0v) is 45.3. The van der Waals surface area contributed by atoms with Crippen LogP contribution in [0.15, 0.2) is 76.4 Å². The number of anilines is 1. The number of ketones is 1. The van der Waals surface area contributed by atoms with E-state index in [9.17, 15) is 23.3 Å². The molecule has 0 saturated carbocycles. The number of carbonyl (C=O) groups excluding carboxylic acids is 2. The quantitative estimate of drug-likeness (QED) is 0.0225. The van der Waals surface area contributed by atoms with Crippen LogP contribution in [0.3, 0.4) is 0 Å². The van der Waals surface area contributed by atoms with Gasteiger partial charge in [-0.3, -0.25) is 14.2 Å². The van der Waals surface area contributed by atoms with Crippen molar-refractivity contribution in [1.82, 2.24) is 14.3 Å². The number of nitriles is 1. The largest absolute Gasteiger partial charge is 0.489 e. The fourth-order valence-corrected chi connectivity index (χ4v) is 10.1. The van der Waals surface area contributed by atoms with Gasteiger partial charge in [-0.1, -0.05) is 186 Å². The number of amides is 1. The molecule has 13 heteroatoms. The van der Waals surface area contributed by atoms with E-state index >= 15 is 4.79 Å². The van der Waals surface area contributed by atoms with Crippen molar-refractivity contribution in [2.45, 2.75) is 225 Å². The number of hydrogen-bond acceptors (Lipinski definition) is 8. The van der Waals surface area contributed by atoms with Crippen LogP contribution in [0.25, 0.3) is 11.3 Å². The van der Waals surface area contributed by atoms with E-state index in [1.807, 2.05) is 39.0 Å². The van der Waals surface area contributed by atoms with E-state index < -0.39 is 33.5 Å². The highest BCUT2D eigenvalue weighted by atomic mass is 32.2. The Morgan fingerprint density at radius 2 is 1.24 bits per heavy atom. The van der Waals surface area contributed by atoms with Crippen LogP contribution in [0.1, 0.15) is 217 Å². The highest BCUT2D eigenvalue weighted by Crippen LogP contribution is 2.31. The number of aromatic amines is 1. The average Bonchev–Trinajstić information content (AvgIpc) is 3.70. The second kappa shape index (κ2) is 33.5. The molecule has 0 fully saturated rings. The maximum atomic E-state index is 15.0. The molecule has 1 aromatic heterocycles. The molecule has 1 unspecified atom stereocenters. The first-order valence-corrected chi connectivity index (χ1v) is 29.1. The molecule has 0 aliphatic rings. The zero-order valence-electron chi connectivity index (χ0n) is 44.5.